The van der Waals surface area contributed by atoms with Gasteiger partial charge in [-0.15, -0.1) is 0 Å². The molecule has 1 fully saturated rings. The lowest BCUT2D eigenvalue weighted by Gasteiger charge is -2.31. The van der Waals surface area contributed by atoms with Crippen LogP contribution >= 0.6 is 0 Å². The van der Waals surface area contributed by atoms with Crippen LogP contribution in [0.1, 0.15) is 55.1 Å². The number of rotatable bonds is 6. The van der Waals surface area contributed by atoms with Crippen molar-refractivity contribution in [3.8, 4) is 0 Å². The van der Waals surface area contributed by atoms with Gasteiger partial charge in [-0.25, -0.2) is 0 Å². The predicted octanol–water partition coefficient (Wildman–Crippen LogP) is 1.42. The lowest BCUT2D eigenvalue weighted by molar-refractivity contribution is -0.163. The van der Waals surface area contributed by atoms with Crippen LogP contribution in [0.5, 0.6) is 0 Å². The topological polar surface area (TPSA) is 110 Å². The monoisotopic (exact) mass is 428 g/mol. The molecule has 3 heterocycles. The largest absolute Gasteiger partial charge is 0.391 e. The molecule has 2 atom stereocenters. The number of fused-ring (bicyclic) bond motifs is 2. The van der Waals surface area contributed by atoms with Crippen molar-refractivity contribution in [2.45, 2.75) is 57.3 Å². The van der Waals surface area contributed by atoms with Crippen molar-refractivity contribution >= 4 is 5.91 Å². The SMILES string of the molecule is CC[C@](O)(C(=O)N[C@@H](C)c1ccccc1)c1cc2n(c(=O)c1CO)CCC21OCCO1. The van der Waals surface area contributed by atoms with Gasteiger partial charge in [0.1, 0.15) is 0 Å². The quantitative estimate of drug-likeness (QED) is 0.642. The number of carbonyl (C=O) groups excluding carboxylic acids is 1. The van der Waals surface area contributed by atoms with E-state index in [9.17, 15) is 19.8 Å². The first-order chi connectivity index (χ1) is 14.9. The summed E-state index contributed by atoms with van der Waals surface area (Å²) >= 11 is 0. The van der Waals surface area contributed by atoms with Gasteiger partial charge in [0.15, 0.2) is 5.60 Å². The van der Waals surface area contributed by atoms with E-state index in [2.05, 4.69) is 5.32 Å². The molecule has 2 aliphatic rings. The number of carbonyl (C=O) groups is 1. The summed E-state index contributed by atoms with van der Waals surface area (Å²) in [6, 6.07) is 10.6. The molecule has 0 unspecified atom stereocenters. The van der Waals surface area contributed by atoms with Crippen molar-refractivity contribution in [1.29, 1.82) is 0 Å². The second-order valence-electron chi connectivity index (χ2n) is 8.06. The van der Waals surface area contributed by atoms with Gasteiger partial charge < -0.3 is 29.6 Å². The summed E-state index contributed by atoms with van der Waals surface area (Å²) in [5.74, 6) is -1.68. The molecule has 166 valence electrons. The number of aromatic nitrogens is 1. The summed E-state index contributed by atoms with van der Waals surface area (Å²) in [6.07, 6.45) is 0.475. The number of nitrogens with one attached hydrogen (secondary N) is 1. The number of benzene rings is 1. The maximum Gasteiger partial charge on any atom is 0.257 e. The Labute approximate surface area is 180 Å². The Balaban J connectivity index is 1.76. The summed E-state index contributed by atoms with van der Waals surface area (Å²) in [7, 11) is 0. The minimum atomic E-state index is -2.00. The van der Waals surface area contributed by atoms with E-state index in [0.29, 0.717) is 31.9 Å². The third-order valence-corrected chi connectivity index (χ3v) is 6.35. The van der Waals surface area contributed by atoms with Crippen molar-refractivity contribution in [3.63, 3.8) is 0 Å². The van der Waals surface area contributed by atoms with Gasteiger partial charge in [-0.05, 0) is 25.0 Å². The molecule has 1 amide bonds. The Morgan fingerprint density at radius 1 is 1.29 bits per heavy atom. The fraction of sp³-hybridized carbons (Fsp3) is 0.478. The highest BCUT2D eigenvalue weighted by atomic mass is 16.7. The first-order valence-electron chi connectivity index (χ1n) is 10.6. The molecule has 0 radical (unpaired) electrons. The van der Waals surface area contributed by atoms with Crippen LogP contribution in [0.4, 0.5) is 0 Å². The number of aliphatic hydroxyl groups excluding tert-OH is 1. The Bertz CT molecular complexity index is 1030. The molecule has 1 spiro atoms. The van der Waals surface area contributed by atoms with Gasteiger partial charge in [-0.2, -0.15) is 0 Å². The van der Waals surface area contributed by atoms with Crippen LogP contribution in [0, 0.1) is 0 Å². The highest BCUT2D eigenvalue weighted by molar-refractivity contribution is 5.87. The molecule has 8 heteroatoms. The summed E-state index contributed by atoms with van der Waals surface area (Å²) in [5.41, 5.74) is -0.993. The van der Waals surface area contributed by atoms with E-state index in [4.69, 9.17) is 9.47 Å². The second kappa shape index (κ2) is 8.20. The van der Waals surface area contributed by atoms with Crippen LogP contribution in [0.15, 0.2) is 41.2 Å². The summed E-state index contributed by atoms with van der Waals surface area (Å²) in [4.78, 5) is 26.4. The van der Waals surface area contributed by atoms with E-state index in [1.165, 1.54) is 4.57 Å². The van der Waals surface area contributed by atoms with Crippen LogP contribution < -0.4 is 10.9 Å². The summed E-state index contributed by atoms with van der Waals surface area (Å²) in [6.45, 7) is 4.08. The van der Waals surface area contributed by atoms with E-state index < -0.39 is 29.5 Å². The van der Waals surface area contributed by atoms with Crippen molar-refractivity contribution < 1.29 is 24.5 Å². The maximum absolute atomic E-state index is 13.3. The van der Waals surface area contributed by atoms with E-state index in [1.54, 1.807) is 13.0 Å². The number of pyridine rings is 1. The maximum atomic E-state index is 13.3. The minimum absolute atomic E-state index is 0.00524. The van der Waals surface area contributed by atoms with Crippen LogP contribution in [-0.2, 0) is 38.8 Å². The molecule has 0 aliphatic carbocycles. The van der Waals surface area contributed by atoms with Crippen molar-refractivity contribution in [2.24, 2.45) is 0 Å². The van der Waals surface area contributed by atoms with Gasteiger partial charge >= 0.3 is 0 Å². The third-order valence-electron chi connectivity index (χ3n) is 6.35. The fourth-order valence-electron chi connectivity index (χ4n) is 4.50. The highest BCUT2D eigenvalue weighted by Crippen LogP contribution is 2.41. The van der Waals surface area contributed by atoms with Crippen molar-refractivity contribution in [3.05, 3.63) is 69.1 Å². The summed E-state index contributed by atoms with van der Waals surface area (Å²) < 4.78 is 13.1. The van der Waals surface area contributed by atoms with Gasteiger partial charge in [0.2, 0.25) is 5.79 Å². The minimum Gasteiger partial charge on any atom is -0.391 e. The van der Waals surface area contributed by atoms with Crippen molar-refractivity contribution in [2.75, 3.05) is 13.2 Å². The van der Waals surface area contributed by atoms with E-state index in [0.717, 1.165) is 5.56 Å². The van der Waals surface area contributed by atoms with Crippen molar-refractivity contribution in [1.82, 2.24) is 9.88 Å². The molecule has 1 aromatic carbocycles. The van der Waals surface area contributed by atoms with E-state index in [-0.39, 0.29) is 23.6 Å². The fourth-order valence-corrected chi connectivity index (χ4v) is 4.50. The standard InChI is InChI=1S/C23H28N2O6/c1-3-22(29,21(28)24-15(2)16-7-5-4-6-8-16)18-13-19-23(30-11-12-31-23)9-10-25(19)20(27)17(18)14-26/h4-8,13,15,26,29H,3,9-12,14H2,1-2H3,(H,24,28)/t15-,22+/m0/s1. The Kier molecular flexibility index (Phi) is 5.74. The van der Waals surface area contributed by atoms with Crippen LogP contribution in [0.3, 0.4) is 0 Å². The second-order valence-corrected chi connectivity index (χ2v) is 8.06. The number of nitrogens with zero attached hydrogens (tertiary/aromatic N) is 1. The summed E-state index contributed by atoms with van der Waals surface area (Å²) in [5, 5.41) is 24.3. The first-order valence-corrected chi connectivity index (χ1v) is 10.6. The molecule has 2 aliphatic heterocycles. The van der Waals surface area contributed by atoms with Crippen LogP contribution in [0.25, 0.3) is 0 Å². The molecular formula is C23H28N2O6. The third kappa shape index (κ3) is 3.49. The highest BCUT2D eigenvalue weighted by Gasteiger charge is 2.48. The molecule has 31 heavy (non-hydrogen) atoms. The molecular weight excluding hydrogens is 400 g/mol. The van der Waals surface area contributed by atoms with Crippen LogP contribution in [-0.4, -0.2) is 33.9 Å². The molecule has 1 aromatic heterocycles. The lowest BCUT2D eigenvalue weighted by atomic mass is 9.86. The molecule has 4 rings (SSSR count). The molecule has 0 bridgehead atoms. The van der Waals surface area contributed by atoms with Gasteiger partial charge in [0.25, 0.3) is 11.5 Å². The number of hydrogen-bond acceptors (Lipinski definition) is 6. The lowest BCUT2D eigenvalue weighted by Crippen LogP contribution is -2.47. The molecule has 0 saturated carbocycles. The van der Waals surface area contributed by atoms with E-state index in [1.807, 2.05) is 37.3 Å². The van der Waals surface area contributed by atoms with E-state index >= 15 is 0 Å². The zero-order chi connectivity index (χ0) is 22.2. The van der Waals surface area contributed by atoms with Gasteiger partial charge in [0.05, 0.1) is 31.6 Å². The zero-order valence-electron chi connectivity index (χ0n) is 17.8. The van der Waals surface area contributed by atoms with Gasteiger partial charge in [0, 0.05) is 24.1 Å². The van der Waals surface area contributed by atoms with Crippen LogP contribution in [0.2, 0.25) is 0 Å². The molecule has 1 saturated heterocycles. The average Bonchev–Trinajstić information content (AvgIpc) is 3.41. The van der Waals surface area contributed by atoms with Gasteiger partial charge in [-0.1, -0.05) is 37.3 Å². The zero-order valence-corrected chi connectivity index (χ0v) is 17.8. The number of aliphatic hydroxyl groups is 2. The number of hydrogen-bond donors (Lipinski definition) is 3. The molecule has 2 aromatic rings. The smallest absolute Gasteiger partial charge is 0.257 e. The Hall–Kier alpha value is -2.52. The van der Waals surface area contributed by atoms with Gasteiger partial charge in [-0.3, -0.25) is 9.59 Å². The predicted molar refractivity (Wildman–Crippen MR) is 112 cm³/mol. The normalized spacial score (nSPS) is 19.7. The first kappa shape index (κ1) is 21.7. The average molecular weight is 428 g/mol. The Morgan fingerprint density at radius 2 is 1.97 bits per heavy atom. The number of amides is 1. The molecule has 3 N–H and O–H groups in total. The Morgan fingerprint density at radius 3 is 2.58 bits per heavy atom. The number of ether oxygens (including phenoxy) is 2. The molecule has 8 nitrogen and oxygen atoms in total.